The van der Waals surface area contributed by atoms with Gasteiger partial charge in [-0.1, -0.05) is 29.8 Å². The van der Waals surface area contributed by atoms with E-state index in [4.69, 9.17) is 27.8 Å². The Morgan fingerprint density at radius 3 is 2.65 bits per heavy atom. The molecule has 3 rings (SSSR count). The Morgan fingerprint density at radius 2 is 1.92 bits per heavy atom. The molecule has 0 atom stereocenters. The quantitative estimate of drug-likeness (QED) is 0.727. The second-order valence-electron chi connectivity index (χ2n) is 5.32. The molecule has 26 heavy (non-hydrogen) atoms. The first kappa shape index (κ1) is 17.5. The largest absolute Gasteiger partial charge is 0.488 e. The molecule has 2 aromatic carbocycles. The molecular formula is C18H13ClFN5O. The molecule has 0 saturated carbocycles. The molecule has 4 N–H and O–H groups in total. The average molecular weight is 370 g/mol. The number of nitrogens with zero attached hydrogens (tertiary/aromatic N) is 3. The lowest BCUT2D eigenvalue weighted by Gasteiger charge is -2.14. The lowest BCUT2D eigenvalue weighted by molar-refractivity contribution is 0.306. The van der Waals surface area contributed by atoms with Crippen LogP contribution in [0.3, 0.4) is 0 Å². The lowest BCUT2D eigenvalue weighted by Crippen LogP contribution is -2.06. The standard InChI is InChI=1S/C18H13ClFN5O/c19-14-4-2-1-3-10(14)9-26-15-7-11(20)5-6-12(15)16-13(8-21)17(22)25-18(23)24-16/h1-7H,9H2,(H4,22,23,24,25). The third kappa shape index (κ3) is 3.50. The summed E-state index contributed by atoms with van der Waals surface area (Å²) in [5.41, 5.74) is 12.7. The SMILES string of the molecule is N#Cc1c(N)nc(N)nc1-c1ccc(F)cc1OCc1ccccc1Cl. The van der Waals surface area contributed by atoms with E-state index in [1.165, 1.54) is 18.2 Å². The van der Waals surface area contributed by atoms with Crippen LogP contribution in [-0.4, -0.2) is 9.97 Å². The first-order valence-electron chi connectivity index (χ1n) is 7.49. The van der Waals surface area contributed by atoms with Crippen molar-refractivity contribution >= 4 is 23.4 Å². The van der Waals surface area contributed by atoms with Gasteiger partial charge >= 0.3 is 0 Å². The number of nitriles is 1. The smallest absolute Gasteiger partial charge is 0.222 e. The van der Waals surface area contributed by atoms with Crippen LogP contribution in [0.4, 0.5) is 16.2 Å². The van der Waals surface area contributed by atoms with E-state index in [-0.39, 0.29) is 35.4 Å². The number of anilines is 2. The van der Waals surface area contributed by atoms with Crippen molar-refractivity contribution in [3.63, 3.8) is 0 Å². The van der Waals surface area contributed by atoms with Gasteiger partial charge in [-0.15, -0.1) is 0 Å². The zero-order valence-electron chi connectivity index (χ0n) is 13.4. The molecule has 0 unspecified atom stereocenters. The number of nitrogen functional groups attached to an aromatic ring is 2. The average Bonchev–Trinajstić information content (AvgIpc) is 2.60. The predicted molar refractivity (Wildman–Crippen MR) is 96.7 cm³/mol. The Hall–Kier alpha value is -3.37. The minimum Gasteiger partial charge on any atom is -0.488 e. The molecule has 130 valence electrons. The van der Waals surface area contributed by atoms with Crippen molar-refractivity contribution in [2.24, 2.45) is 0 Å². The van der Waals surface area contributed by atoms with E-state index in [2.05, 4.69) is 9.97 Å². The molecular weight excluding hydrogens is 357 g/mol. The Bertz CT molecular complexity index is 1020. The van der Waals surface area contributed by atoms with Gasteiger partial charge in [0.15, 0.2) is 0 Å². The van der Waals surface area contributed by atoms with Crippen LogP contribution in [0.2, 0.25) is 5.02 Å². The number of aromatic nitrogens is 2. The van der Waals surface area contributed by atoms with Crippen LogP contribution in [0, 0.1) is 17.1 Å². The summed E-state index contributed by atoms with van der Waals surface area (Å²) in [6, 6.07) is 12.9. The van der Waals surface area contributed by atoms with Gasteiger partial charge in [-0.05, 0) is 18.2 Å². The first-order chi connectivity index (χ1) is 12.5. The normalized spacial score (nSPS) is 10.3. The maximum Gasteiger partial charge on any atom is 0.222 e. The van der Waals surface area contributed by atoms with Crippen LogP contribution in [0.5, 0.6) is 5.75 Å². The van der Waals surface area contributed by atoms with Crippen molar-refractivity contribution < 1.29 is 9.13 Å². The molecule has 1 aromatic heterocycles. The number of benzene rings is 2. The van der Waals surface area contributed by atoms with E-state index in [9.17, 15) is 9.65 Å². The molecule has 0 spiro atoms. The molecule has 0 amide bonds. The number of hydrogen-bond acceptors (Lipinski definition) is 6. The molecule has 0 bridgehead atoms. The van der Waals surface area contributed by atoms with Crippen LogP contribution >= 0.6 is 11.6 Å². The van der Waals surface area contributed by atoms with Gasteiger partial charge in [-0.25, -0.2) is 9.37 Å². The predicted octanol–water partition coefficient (Wildman–Crippen LogP) is 3.55. The first-order valence-corrected chi connectivity index (χ1v) is 7.86. The minimum atomic E-state index is -0.503. The third-order valence-electron chi connectivity index (χ3n) is 3.61. The van der Waals surface area contributed by atoms with Gasteiger partial charge in [0.2, 0.25) is 5.95 Å². The van der Waals surface area contributed by atoms with E-state index >= 15 is 0 Å². The number of ether oxygens (including phenoxy) is 1. The molecule has 0 aliphatic carbocycles. The second-order valence-corrected chi connectivity index (χ2v) is 5.73. The summed E-state index contributed by atoms with van der Waals surface area (Å²) in [7, 11) is 0. The molecule has 0 radical (unpaired) electrons. The van der Waals surface area contributed by atoms with E-state index < -0.39 is 5.82 Å². The Labute approximate surface area is 153 Å². The third-order valence-corrected chi connectivity index (χ3v) is 3.97. The summed E-state index contributed by atoms with van der Waals surface area (Å²) in [5, 5.41) is 9.88. The van der Waals surface area contributed by atoms with Gasteiger partial charge in [-0.3, -0.25) is 0 Å². The van der Waals surface area contributed by atoms with E-state index in [0.717, 1.165) is 5.56 Å². The fourth-order valence-corrected chi connectivity index (χ4v) is 2.57. The van der Waals surface area contributed by atoms with Crippen LogP contribution in [0.15, 0.2) is 42.5 Å². The molecule has 3 aromatic rings. The van der Waals surface area contributed by atoms with Gasteiger partial charge in [0.25, 0.3) is 0 Å². The minimum absolute atomic E-state index is 0.0356. The molecule has 0 saturated heterocycles. The number of hydrogen-bond donors (Lipinski definition) is 2. The monoisotopic (exact) mass is 369 g/mol. The van der Waals surface area contributed by atoms with Gasteiger partial charge in [0.1, 0.15) is 35.6 Å². The number of nitrogens with two attached hydrogens (primary N) is 2. The van der Waals surface area contributed by atoms with Crippen LogP contribution in [0.1, 0.15) is 11.1 Å². The number of halogens is 2. The Balaban J connectivity index is 2.05. The topological polar surface area (TPSA) is 111 Å². The van der Waals surface area contributed by atoms with Crippen molar-refractivity contribution in [1.82, 2.24) is 9.97 Å². The maximum atomic E-state index is 13.8. The number of rotatable bonds is 4. The highest BCUT2D eigenvalue weighted by Crippen LogP contribution is 2.34. The van der Waals surface area contributed by atoms with Crippen molar-refractivity contribution in [2.45, 2.75) is 6.61 Å². The summed E-state index contributed by atoms with van der Waals surface area (Å²) < 4.78 is 19.5. The highest BCUT2D eigenvalue weighted by Gasteiger charge is 2.18. The van der Waals surface area contributed by atoms with Crippen molar-refractivity contribution in [2.75, 3.05) is 11.5 Å². The van der Waals surface area contributed by atoms with Gasteiger partial charge < -0.3 is 16.2 Å². The highest BCUT2D eigenvalue weighted by molar-refractivity contribution is 6.31. The van der Waals surface area contributed by atoms with Crippen LogP contribution in [-0.2, 0) is 6.61 Å². The zero-order chi connectivity index (χ0) is 18.7. The van der Waals surface area contributed by atoms with Crippen molar-refractivity contribution in [3.8, 4) is 23.1 Å². The summed E-state index contributed by atoms with van der Waals surface area (Å²) in [5.74, 6) is -0.482. The molecule has 0 aliphatic heterocycles. The van der Waals surface area contributed by atoms with E-state index in [1.54, 1.807) is 18.2 Å². The highest BCUT2D eigenvalue weighted by atomic mass is 35.5. The van der Waals surface area contributed by atoms with Crippen LogP contribution < -0.4 is 16.2 Å². The van der Waals surface area contributed by atoms with Gasteiger partial charge in [0.05, 0.1) is 5.69 Å². The van der Waals surface area contributed by atoms with Gasteiger partial charge in [-0.2, -0.15) is 10.2 Å². The van der Waals surface area contributed by atoms with E-state index in [1.807, 2.05) is 12.1 Å². The van der Waals surface area contributed by atoms with Gasteiger partial charge in [0, 0.05) is 22.2 Å². The second kappa shape index (κ2) is 7.25. The maximum absolute atomic E-state index is 13.8. The zero-order valence-corrected chi connectivity index (χ0v) is 14.2. The fourth-order valence-electron chi connectivity index (χ4n) is 2.38. The molecule has 8 heteroatoms. The summed E-state index contributed by atoms with van der Waals surface area (Å²) in [6.45, 7) is 0.105. The van der Waals surface area contributed by atoms with E-state index in [0.29, 0.717) is 10.6 Å². The summed E-state index contributed by atoms with van der Waals surface area (Å²) in [4.78, 5) is 7.85. The molecule has 6 nitrogen and oxygen atoms in total. The van der Waals surface area contributed by atoms with Crippen molar-refractivity contribution in [1.29, 1.82) is 5.26 Å². The molecule has 0 aliphatic rings. The Morgan fingerprint density at radius 1 is 1.15 bits per heavy atom. The summed E-state index contributed by atoms with van der Waals surface area (Å²) >= 11 is 6.12. The lowest BCUT2D eigenvalue weighted by atomic mass is 10.1. The Kier molecular flexibility index (Phi) is 4.87. The molecule has 0 fully saturated rings. The fraction of sp³-hybridized carbons (Fsp3) is 0.0556. The van der Waals surface area contributed by atoms with Crippen LogP contribution in [0.25, 0.3) is 11.3 Å². The summed E-state index contributed by atoms with van der Waals surface area (Å²) in [6.07, 6.45) is 0. The van der Waals surface area contributed by atoms with Crippen molar-refractivity contribution in [3.05, 3.63) is 64.4 Å². The molecule has 1 heterocycles.